The second kappa shape index (κ2) is 10.2. The second-order valence-corrected chi connectivity index (χ2v) is 9.14. The monoisotopic (exact) mass is 420 g/mol. The van der Waals surface area contributed by atoms with Crippen LogP contribution in [0.5, 0.6) is 0 Å². The molecule has 2 aliphatic rings. The molecule has 2 aliphatic carbocycles. The van der Waals surface area contributed by atoms with Crippen molar-refractivity contribution in [2.24, 2.45) is 5.92 Å². The van der Waals surface area contributed by atoms with Crippen molar-refractivity contribution in [1.29, 1.82) is 0 Å². The maximum absolute atomic E-state index is 12.9. The normalized spacial score (nSPS) is 18.1. The first-order chi connectivity index (χ1) is 14.0. The zero-order chi connectivity index (χ0) is 20.8. The van der Waals surface area contributed by atoms with E-state index in [9.17, 15) is 14.4 Å². The summed E-state index contributed by atoms with van der Waals surface area (Å²) in [5.74, 6) is -0.0666. The molecule has 0 spiro atoms. The zero-order valence-corrected chi connectivity index (χ0v) is 18.2. The van der Waals surface area contributed by atoms with Crippen LogP contribution in [0.1, 0.15) is 70.9 Å². The fourth-order valence-corrected chi connectivity index (χ4v) is 4.44. The molecule has 7 nitrogen and oxygen atoms in total. The molecule has 0 aromatic carbocycles. The van der Waals surface area contributed by atoms with Crippen LogP contribution in [0.25, 0.3) is 0 Å². The highest BCUT2D eigenvalue weighted by Crippen LogP contribution is 2.32. The van der Waals surface area contributed by atoms with Gasteiger partial charge in [0.05, 0.1) is 12.1 Å². The average molecular weight is 421 g/mol. The lowest BCUT2D eigenvalue weighted by molar-refractivity contribution is -0.139. The van der Waals surface area contributed by atoms with Crippen molar-refractivity contribution in [2.45, 2.75) is 83.7 Å². The lowest BCUT2D eigenvalue weighted by Crippen LogP contribution is -2.43. The highest BCUT2D eigenvalue weighted by atomic mass is 32.1. The molecule has 1 atom stereocenters. The van der Waals surface area contributed by atoms with Gasteiger partial charge in [0.2, 0.25) is 17.7 Å². The van der Waals surface area contributed by atoms with Crippen LogP contribution in [-0.4, -0.2) is 46.2 Å². The van der Waals surface area contributed by atoms with Crippen LogP contribution in [0.3, 0.4) is 0 Å². The van der Waals surface area contributed by atoms with Crippen molar-refractivity contribution >= 4 is 34.2 Å². The number of rotatable bonds is 9. The molecule has 0 unspecified atom stereocenters. The number of nitrogens with one attached hydrogen (secondary N) is 2. The van der Waals surface area contributed by atoms with Crippen molar-refractivity contribution in [1.82, 2.24) is 15.2 Å². The highest BCUT2D eigenvalue weighted by molar-refractivity contribution is 7.13. The largest absolute Gasteiger partial charge is 0.353 e. The molecule has 29 heavy (non-hydrogen) atoms. The maximum Gasteiger partial charge on any atom is 0.245 e. The third kappa shape index (κ3) is 6.52. The Morgan fingerprint density at radius 3 is 2.55 bits per heavy atom. The summed E-state index contributed by atoms with van der Waals surface area (Å²) in [5, 5.41) is 7.98. The Balaban J connectivity index is 1.51. The fourth-order valence-electron chi connectivity index (χ4n) is 3.71. The number of carbonyl (C=O) groups excluding carboxylic acids is 3. The number of aromatic nitrogens is 1. The van der Waals surface area contributed by atoms with E-state index in [2.05, 4.69) is 15.6 Å². The topological polar surface area (TPSA) is 91.4 Å². The van der Waals surface area contributed by atoms with Crippen molar-refractivity contribution in [2.75, 3.05) is 11.9 Å². The summed E-state index contributed by atoms with van der Waals surface area (Å²) < 4.78 is 0. The molecule has 0 bridgehead atoms. The molecule has 0 saturated heterocycles. The van der Waals surface area contributed by atoms with Crippen molar-refractivity contribution < 1.29 is 14.4 Å². The SMILES string of the molecule is CC[C@H](C)NC(=O)Cc1csc(NC(=O)CN(C(=O)C2CCCCC2)C2CC2)n1. The van der Waals surface area contributed by atoms with Gasteiger partial charge in [-0.05, 0) is 39.0 Å². The maximum atomic E-state index is 12.9. The van der Waals surface area contributed by atoms with E-state index in [1.54, 1.807) is 10.3 Å². The Morgan fingerprint density at radius 1 is 1.17 bits per heavy atom. The van der Waals surface area contributed by atoms with Crippen molar-refractivity contribution in [3.63, 3.8) is 0 Å². The molecule has 0 radical (unpaired) electrons. The first kappa shape index (κ1) is 21.7. The summed E-state index contributed by atoms with van der Waals surface area (Å²) in [6, 6.07) is 0.349. The number of thiazole rings is 1. The average Bonchev–Trinajstić information content (AvgIpc) is 3.47. The lowest BCUT2D eigenvalue weighted by atomic mass is 9.88. The lowest BCUT2D eigenvalue weighted by Gasteiger charge is -2.28. The Morgan fingerprint density at radius 2 is 1.90 bits per heavy atom. The summed E-state index contributed by atoms with van der Waals surface area (Å²) in [5.41, 5.74) is 0.642. The standard InChI is InChI=1S/C21H32N4O3S/c1-3-14(2)22-18(26)11-16-13-29-21(23-16)24-19(27)12-25(17-9-10-17)20(28)15-7-5-4-6-8-15/h13-15,17H,3-12H2,1-2H3,(H,22,26)(H,23,24,27)/t14-/m0/s1. The van der Waals surface area contributed by atoms with Gasteiger partial charge in [0.15, 0.2) is 5.13 Å². The van der Waals surface area contributed by atoms with E-state index >= 15 is 0 Å². The third-order valence-electron chi connectivity index (χ3n) is 5.70. The summed E-state index contributed by atoms with van der Waals surface area (Å²) in [4.78, 5) is 43.5. The summed E-state index contributed by atoms with van der Waals surface area (Å²) >= 11 is 1.31. The quantitative estimate of drug-likeness (QED) is 0.642. The van der Waals surface area contributed by atoms with E-state index < -0.39 is 0 Å². The minimum atomic E-state index is -0.217. The Hall–Kier alpha value is -1.96. The Bertz CT molecular complexity index is 725. The van der Waals surface area contributed by atoms with Gasteiger partial charge < -0.3 is 15.5 Å². The van der Waals surface area contributed by atoms with Crippen LogP contribution in [0, 0.1) is 5.92 Å². The van der Waals surface area contributed by atoms with E-state index in [0.29, 0.717) is 10.8 Å². The first-order valence-corrected chi connectivity index (χ1v) is 11.7. The first-order valence-electron chi connectivity index (χ1n) is 10.8. The van der Waals surface area contributed by atoms with Gasteiger partial charge in [-0.3, -0.25) is 14.4 Å². The van der Waals surface area contributed by atoms with Crippen LogP contribution < -0.4 is 10.6 Å². The molecular formula is C21H32N4O3S. The van der Waals surface area contributed by atoms with Crippen LogP contribution in [0.15, 0.2) is 5.38 Å². The number of nitrogens with zero attached hydrogens (tertiary/aromatic N) is 2. The molecule has 160 valence electrons. The molecule has 2 N–H and O–H groups in total. The van der Waals surface area contributed by atoms with Crippen LogP contribution >= 0.6 is 11.3 Å². The molecule has 8 heteroatoms. The second-order valence-electron chi connectivity index (χ2n) is 8.28. The summed E-state index contributed by atoms with van der Waals surface area (Å²) in [7, 11) is 0. The molecule has 1 aromatic heterocycles. The van der Waals surface area contributed by atoms with Crippen LogP contribution in [0.4, 0.5) is 5.13 Å². The summed E-state index contributed by atoms with van der Waals surface area (Å²) in [6.45, 7) is 4.07. The number of hydrogen-bond acceptors (Lipinski definition) is 5. The van der Waals surface area contributed by atoms with E-state index in [-0.39, 0.29) is 48.7 Å². The fraction of sp³-hybridized carbons (Fsp3) is 0.714. The summed E-state index contributed by atoms with van der Waals surface area (Å²) in [6.07, 6.45) is 8.34. The van der Waals surface area contributed by atoms with Crippen LogP contribution in [0.2, 0.25) is 0 Å². The Labute approximate surface area is 176 Å². The van der Waals surface area contributed by atoms with Gasteiger partial charge in [0.1, 0.15) is 6.54 Å². The van der Waals surface area contributed by atoms with Gasteiger partial charge in [-0.1, -0.05) is 26.2 Å². The molecule has 2 saturated carbocycles. The van der Waals surface area contributed by atoms with Crippen molar-refractivity contribution in [3.8, 4) is 0 Å². The van der Waals surface area contributed by atoms with E-state index in [1.807, 2.05) is 13.8 Å². The number of amides is 3. The molecule has 2 fully saturated rings. The zero-order valence-electron chi connectivity index (χ0n) is 17.4. The van der Waals surface area contributed by atoms with Gasteiger partial charge in [-0.15, -0.1) is 11.3 Å². The number of carbonyl (C=O) groups is 3. The van der Waals surface area contributed by atoms with E-state index in [1.165, 1.54) is 17.8 Å². The molecule has 0 aliphatic heterocycles. The van der Waals surface area contributed by atoms with Crippen molar-refractivity contribution in [3.05, 3.63) is 11.1 Å². The molecule has 3 amide bonds. The van der Waals surface area contributed by atoms with Crippen LogP contribution in [-0.2, 0) is 20.8 Å². The van der Waals surface area contributed by atoms with E-state index in [4.69, 9.17) is 0 Å². The van der Waals surface area contributed by atoms with E-state index in [0.717, 1.165) is 44.9 Å². The predicted octanol–water partition coefficient (Wildman–Crippen LogP) is 3.11. The highest BCUT2D eigenvalue weighted by Gasteiger charge is 2.37. The van der Waals surface area contributed by atoms with Gasteiger partial charge >= 0.3 is 0 Å². The minimum absolute atomic E-state index is 0.0690. The molecule has 1 aromatic rings. The Kier molecular flexibility index (Phi) is 7.64. The molecule has 1 heterocycles. The number of hydrogen-bond donors (Lipinski definition) is 2. The van der Waals surface area contributed by atoms with Gasteiger partial charge in [-0.2, -0.15) is 0 Å². The van der Waals surface area contributed by atoms with Gasteiger partial charge in [0, 0.05) is 23.4 Å². The smallest absolute Gasteiger partial charge is 0.245 e. The molecular weight excluding hydrogens is 388 g/mol. The molecule has 3 rings (SSSR count). The van der Waals surface area contributed by atoms with Gasteiger partial charge in [0.25, 0.3) is 0 Å². The predicted molar refractivity (Wildman–Crippen MR) is 114 cm³/mol. The van der Waals surface area contributed by atoms with Gasteiger partial charge in [-0.25, -0.2) is 4.98 Å². The minimum Gasteiger partial charge on any atom is -0.353 e. The number of anilines is 1. The third-order valence-corrected chi connectivity index (χ3v) is 6.51.